The molecule has 1 amide bonds. The molecule has 0 aliphatic heterocycles. The van der Waals surface area contributed by atoms with E-state index >= 15 is 0 Å². The molecule has 3 N–H and O–H groups in total. The lowest BCUT2D eigenvalue weighted by molar-refractivity contribution is -0.122. The van der Waals surface area contributed by atoms with Gasteiger partial charge in [0.1, 0.15) is 6.04 Å². The summed E-state index contributed by atoms with van der Waals surface area (Å²) < 4.78 is 0. The number of nitrogens with one attached hydrogen (secondary N) is 3. The average Bonchev–Trinajstić information content (AvgIpc) is 2.27. The van der Waals surface area contributed by atoms with Crippen molar-refractivity contribution in [2.45, 2.75) is 46.2 Å². The lowest BCUT2D eigenvalue weighted by Gasteiger charge is -2.24. The highest BCUT2D eigenvalue weighted by atomic mass is 16.2. The molecule has 1 unspecified atom stereocenters. The summed E-state index contributed by atoms with van der Waals surface area (Å²) in [7, 11) is 0. The summed E-state index contributed by atoms with van der Waals surface area (Å²) in [5, 5.41) is 9.28. The normalized spacial score (nSPS) is 12.7. The summed E-state index contributed by atoms with van der Waals surface area (Å²) in [5.41, 5.74) is 1.54. The van der Waals surface area contributed by atoms with Gasteiger partial charge in [0.05, 0.1) is 23.8 Å². The van der Waals surface area contributed by atoms with E-state index < -0.39 is 0 Å². The summed E-state index contributed by atoms with van der Waals surface area (Å²) in [6, 6.07) is 1.63. The molecule has 0 aromatic carbocycles. The topological polar surface area (TPSA) is 66.0 Å². The summed E-state index contributed by atoms with van der Waals surface area (Å²) in [6.45, 7) is 10.6. The molecule has 19 heavy (non-hydrogen) atoms. The first kappa shape index (κ1) is 15.3. The zero-order valence-electron chi connectivity index (χ0n) is 12.4. The molecule has 106 valence electrons. The molecule has 0 saturated carbocycles. The van der Waals surface area contributed by atoms with Crippen molar-refractivity contribution in [1.82, 2.24) is 10.3 Å². The van der Waals surface area contributed by atoms with E-state index in [-0.39, 0.29) is 17.5 Å². The Morgan fingerprint density at radius 1 is 1.32 bits per heavy atom. The molecule has 1 atom stereocenters. The van der Waals surface area contributed by atoms with Crippen LogP contribution >= 0.6 is 0 Å². The van der Waals surface area contributed by atoms with Crippen molar-refractivity contribution in [3.05, 3.63) is 18.5 Å². The highest BCUT2D eigenvalue weighted by molar-refractivity contribution is 5.84. The van der Waals surface area contributed by atoms with Crippen LogP contribution in [0.15, 0.2) is 18.5 Å². The number of hydrogen-bond donors (Lipinski definition) is 3. The second kappa shape index (κ2) is 6.41. The Morgan fingerprint density at radius 2 is 1.95 bits per heavy atom. The van der Waals surface area contributed by atoms with Crippen molar-refractivity contribution >= 4 is 17.3 Å². The third kappa shape index (κ3) is 5.59. The van der Waals surface area contributed by atoms with Gasteiger partial charge in [-0.25, -0.2) is 0 Å². The molecule has 5 heteroatoms. The van der Waals surface area contributed by atoms with Crippen molar-refractivity contribution in [3.63, 3.8) is 0 Å². The number of rotatable bonds is 5. The lowest BCUT2D eigenvalue weighted by Crippen LogP contribution is -2.47. The van der Waals surface area contributed by atoms with Crippen molar-refractivity contribution in [1.29, 1.82) is 0 Å². The quantitative estimate of drug-likeness (QED) is 0.763. The highest BCUT2D eigenvalue weighted by Crippen LogP contribution is 2.14. The smallest absolute Gasteiger partial charge is 0.242 e. The van der Waals surface area contributed by atoms with Gasteiger partial charge in [-0.3, -0.25) is 9.78 Å². The lowest BCUT2D eigenvalue weighted by atomic mass is 10.1. The number of anilines is 2. The van der Waals surface area contributed by atoms with Gasteiger partial charge in [0.2, 0.25) is 5.91 Å². The zero-order valence-corrected chi connectivity index (χ0v) is 12.4. The number of pyridine rings is 1. The molecule has 0 saturated heterocycles. The molecule has 1 aromatic rings. The van der Waals surface area contributed by atoms with E-state index in [0.717, 1.165) is 17.9 Å². The molecule has 0 aliphatic rings. The number of nitrogens with zero attached hydrogens (tertiary/aromatic N) is 1. The standard InChI is InChI=1S/C14H24N4O/c1-6-16-11-7-12(9-15-8-11)17-10(2)13(19)18-14(3,4)5/h7-10,16-17H,6H2,1-5H3,(H,18,19). The summed E-state index contributed by atoms with van der Waals surface area (Å²) >= 11 is 0. The van der Waals surface area contributed by atoms with Crippen LogP contribution in [0.5, 0.6) is 0 Å². The minimum Gasteiger partial charge on any atom is -0.384 e. The molecule has 1 heterocycles. The fourth-order valence-corrected chi connectivity index (χ4v) is 1.61. The fraction of sp³-hybridized carbons (Fsp3) is 0.571. The molecule has 0 spiro atoms. The molecule has 0 aliphatic carbocycles. The van der Waals surface area contributed by atoms with E-state index in [9.17, 15) is 4.79 Å². The monoisotopic (exact) mass is 264 g/mol. The molecule has 1 aromatic heterocycles. The Bertz CT molecular complexity index is 426. The van der Waals surface area contributed by atoms with Crippen LogP contribution in [-0.2, 0) is 4.79 Å². The van der Waals surface area contributed by atoms with Crippen LogP contribution < -0.4 is 16.0 Å². The van der Waals surface area contributed by atoms with Gasteiger partial charge >= 0.3 is 0 Å². The summed E-state index contributed by atoms with van der Waals surface area (Å²) in [6.07, 6.45) is 3.47. The predicted octanol–water partition coefficient (Wildman–Crippen LogP) is 2.23. The van der Waals surface area contributed by atoms with Crippen LogP contribution in [0, 0.1) is 0 Å². The van der Waals surface area contributed by atoms with Gasteiger partial charge in [0, 0.05) is 12.1 Å². The fourth-order valence-electron chi connectivity index (χ4n) is 1.61. The van der Waals surface area contributed by atoms with Gasteiger partial charge in [-0.15, -0.1) is 0 Å². The van der Waals surface area contributed by atoms with E-state index in [0.29, 0.717) is 0 Å². The summed E-state index contributed by atoms with van der Waals surface area (Å²) in [4.78, 5) is 16.1. The number of carbonyl (C=O) groups excluding carboxylic acids is 1. The van der Waals surface area contributed by atoms with Crippen molar-refractivity contribution < 1.29 is 4.79 Å². The largest absolute Gasteiger partial charge is 0.384 e. The van der Waals surface area contributed by atoms with E-state index in [1.807, 2.05) is 40.7 Å². The molecule has 5 nitrogen and oxygen atoms in total. The Hall–Kier alpha value is -1.78. The van der Waals surface area contributed by atoms with Crippen LogP contribution in [0.25, 0.3) is 0 Å². The van der Waals surface area contributed by atoms with Crippen molar-refractivity contribution in [2.24, 2.45) is 0 Å². The SMILES string of the molecule is CCNc1cncc(NC(C)C(=O)NC(C)(C)C)c1. The first-order valence-electron chi connectivity index (χ1n) is 6.59. The van der Waals surface area contributed by atoms with E-state index in [1.54, 1.807) is 12.4 Å². The number of amides is 1. The van der Waals surface area contributed by atoms with Crippen LogP contribution in [0.2, 0.25) is 0 Å². The zero-order chi connectivity index (χ0) is 14.5. The Labute approximate surface area is 115 Å². The number of hydrogen-bond acceptors (Lipinski definition) is 4. The van der Waals surface area contributed by atoms with Gasteiger partial charge in [-0.2, -0.15) is 0 Å². The second-order valence-corrected chi connectivity index (χ2v) is 5.60. The third-order valence-electron chi connectivity index (χ3n) is 2.39. The Balaban J connectivity index is 2.63. The maximum atomic E-state index is 12.0. The molecule has 0 bridgehead atoms. The maximum Gasteiger partial charge on any atom is 0.242 e. The van der Waals surface area contributed by atoms with Crippen LogP contribution in [0.3, 0.4) is 0 Å². The van der Waals surface area contributed by atoms with Gasteiger partial charge in [-0.05, 0) is 40.7 Å². The average molecular weight is 264 g/mol. The molecular weight excluding hydrogens is 240 g/mol. The second-order valence-electron chi connectivity index (χ2n) is 5.60. The predicted molar refractivity (Wildman–Crippen MR) is 79.4 cm³/mol. The first-order chi connectivity index (χ1) is 8.81. The van der Waals surface area contributed by atoms with Crippen LogP contribution in [-0.4, -0.2) is 29.0 Å². The van der Waals surface area contributed by atoms with Gasteiger partial charge in [0.15, 0.2) is 0 Å². The number of aromatic nitrogens is 1. The molecular formula is C14H24N4O. The Morgan fingerprint density at radius 3 is 2.53 bits per heavy atom. The highest BCUT2D eigenvalue weighted by Gasteiger charge is 2.19. The van der Waals surface area contributed by atoms with Crippen LogP contribution in [0.4, 0.5) is 11.4 Å². The minimum absolute atomic E-state index is 0.0265. The Kier molecular flexibility index (Phi) is 5.15. The van der Waals surface area contributed by atoms with Gasteiger partial charge in [0.25, 0.3) is 0 Å². The minimum atomic E-state index is -0.307. The molecule has 0 radical (unpaired) electrons. The van der Waals surface area contributed by atoms with E-state index in [4.69, 9.17) is 0 Å². The first-order valence-corrected chi connectivity index (χ1v) is 6.59. The third-order valence-corrected chi connectivity index (χ3v) is 2.39. The van der Waals surface area contributed by atoms with Gasteiger partial charge in [-0.1, -0.05) is 0 Å². The van der Waals surface area contributed by atoms with E-state index in [2.05, 4.69) is 20.9 Å². The van der Waals surface area contributed by atoms with E-state index in [1.165, 1.54) is 0 Å². The number of carbonyl (C=O) groups is 1. The van der Waals surface area contributed by atoms with Crippen molar-refractivity contribution in [2.75, 3.05) is 17.2 Å². The van der Waals surface area contributed by atoms with Crippen molar-refractivity contribution in [3.8, 4) is 0 Å². The van der Waals surface area contributed by atoms with Gasteiger partial charge < -0.3 is 16.0 Å². The summed E-state index contributed by atoms with van der Waals surface area (Å²) in [5.74, 6) is -0.0265. The van der Waals surface area contributed by atoms with Crippen LogP contribution in [0.1, 0.15) is 34.6 Å². The molecule has 0 fully saturated rings. The maximum absolute atomic E-state index is 12.0. The molecule has 1 rings (SSSR count).